The van der Waals surface area contributed by atoms with E-state index in [1.165, 1.54) is 22.3 Å². The van der Waals surface area contributed by atoms with Crippen LogP contribution >= 0.6 is 11.3 Å². The summed E-state index contributed by atoms with van der Waals surface area (Å²) in [6, 6.07) is 10.6. The Morgan fingerprint density at radius 2 is 2.00 bits per heavy atom. The van der Waals surface area contributed by atoms with Gasteiger partial charge in [-0.25, -0.2) is 9.78 Å². The van der Waals surface area contributed by atoms with E-state index in [1.807, 2.05) is 24.3 Å². The number of thiophene rings is 1. The van der Waals surface area contributed by atoms with Crippen molar-refractivity contribution in [3.05, 3.63) is 68.6 Å². The maximum Gasteiger partial charge on any atom is 0.342 e. The molecule has 0 fully saturated rings. The van der Waals surface area contributed by atoms with Crippen LogP contribution in [0.1, 0.15) is 33.0 Å². The van der Waals surface area contributed by atoms with Crippen LogP contribution in [0.15, 0.2) is 41.2 Å². The first kappa shape index (κ1) is 16.9. The lowest BCUT2D eigenvalue weighted by molar-refractivity contribution is 0.0459. The molecule has 0 amide bonds. The molecule has 0 atom stereocenters. The second kappa shape index (κ2) is 6.45. The Morgan fingerprint density at radius 1 is 1.21 bits per heavy atom. The van der Waals surface area contributed by atoms with E-state index < -0.39 is 5.97 Å². The minimum atomic E-state index is -0.667. The van der Waals surface area contributed by atoms with Gasteiger partial charge in [0.2, 0.25) is 0 Å². The van der Waals surface area contributed by atoms with Gasteiger partial charge in [-0.3, -0.25) is 4.79 Å². The molecule has 0 saturated carbocycles. The van der Waals surface area contributed by atoms with Gasteiger partial charge in [-0.1, -0.05) is 24.3 Å². The fourth-order valence-electron chi connectivity index (χ4n) is 3.72. The molecule has 0 unspecified atom stereocenters. The zero-order valence-corrected chi connectivity index (χ0v) is 15.6. The number of esters is 1. The van der Waals surface area contributed by atoms with Crippen molar-refractivity contribution in [2.24, 2.45) is 0 Å². The summed E-state index contributed by atoms with van der Waals surface area (Å²) in [5.74, 6) is -0.513. The Balaban J connectivity index is 1.41. The lowest BCUT2D eigenvalue weighted by Gasteiger charge is -2.08. The van der Waals surface area contributed by atoms with Crippen molar-refractivity contribution in [1.82, 2.24) is 9.97 Å². The first-order valence-corrected chi connectivity index (χ1v) is 9.84. The number of benzene rings is 2. The molecule has 0 saturated heterocycles. The van der Waals surface area contributed by atoms with E-state index in [0.717, 1.165) is 35.6 Å². The average Bonchev–Trinajstić information content (AvgIpc) is 3.26. The molecule has 4 aromatic rings. The van der Waals surface area contributed by atoms with Crippen LogP contribution in [0, 0.1) is 0 Å². The number of aromatic hydroxyl groups is 1. The third-order valence-corrected chi connectivity index (χ3v) is 6.23. The maximum atomic E-state index is 12.5. The Bertz CT molecular complexity index is 1310. The van der Waals surface area contributed by atoms with Crippen LogP contribution in [0.5, 0.6) is 5.75 Å². The van der Waals surface area contributed by atoms with Gasteiger partial charge in [-0.2, -0.15) is 0 Å². The molecule has 28 heavy (non-hydrogen) atoms. The molecular weight excluding hydrogens is 376 g/mol. The maximum absolute atomic E-state index is 12.5. The minimum absolute atomic E-state index is 0.0808. The lowest BCUT2D eigenvalue weighted by Crippen LogP contribution is -2.14. The number of ether oxygens (including phenoxy) is 1. The van der Waals surface area contributed by atoms with Crippen molar-refractivity contribution < 1.29 is 14.6 Å². The largest absolute Gasteiger partial charge is 0.507 e. The van der Waals surface area contributed by atoms with E-state index >= 15 is 0 Å². The minimum Gasteiger partial charge on any atom is -0.507 e. The van der Waals surface area contributed by atoms with Crippen molar-refractivity contribution >= 4 is 38.3 Å². The second-order valence-corrected chi connectivity index (χ2v) is 7.93. The summed E-state index contributed by atoms with van der Waals surface area (Å²) in [5.41, 5.74) is 1.000. The molecular formula is C21H16N2O4S. The third kappa shape index (κ3) is 2.75. The Hall–Kier alpha value is -3.19. The highest BCUT2D eigenvalue weighted by Crippen LogP contribution is 2.34. The molecule has 0 aliphatic heterocycles. The SMILES string of the molecule is O=C(OCc1nc2sc3c(c2c(=O)[nH]1)CCC3)c1cc2ccccc2cc1O. The van der Waals surface area contributed by atoms with E-state index in [1.54, 1.807) is 6.07 Å². The number of hydrogen-bond acceptors (Lipinski definition) is 6. The van der Waals surface area contributed by atoms with Crippen LogP contribution in [0.2, 0.25) is 0 Å². The Morgan fingerprint density at radius 3 is 2.82 bits per heavy atom. The van der Waals surface area contributed by atoms with Gasteiger partial charge >= 0.3 is 5.97 Å². The molecule has 1 aliphatic carbocycles. The number of carbonyl (C=O) groups excluding carboxylic acids is 1. The van der Waals surface area contributed by atoms with Gasteiger partial charge in [0.15, 0.2) is 0 Å². The van der Waals surface area contributed by atoms with Crippen LogP contribution in [-0.2, 0) is 24.2 Å². The number of hydrogen-bond donors (Lipinski definition) is 2. The fraction of sp³-hybridized carbons (Fsp3) is 0.190. The van der Waals surface area contributed by atoms with Gasteiger partial charge < -0.3 is 14.8 Å². The van der Waals surface area contributed by atoms with E-state index in [9.17, 15) is 14.7 Å². The van der Waals surface area contributed by atoms with Gasteiger partial charge in [0, 0.05) is 4.88 Å². The molecule has 1 aliphatic rings. The van der Waals surface area contributed by atoms with Crippen LogP contribution in [0.4, 0.5) is 0 Å². The number of nitrogens with one attached hydrogen (secondary N) is 1. The van der Waals surface area contributed by atoms with Gasteiger partial charge in [0.25, 0.3) is 5.56 Å². The summed E-state index contributed by atoms with van der Waals surface area (Å²) in [5, 5.41) is 12.5. The highest BCUT2D eigenvalue weighted by atomic mass is 32.1. The number of phenolic OH excluding ortho intramolecular Hbond substituents is 1. The summed E-state index contributed by atoms with van der Waals surface area (Å²) in [4.78, 5) is 34.0. The molecule has 2 aromatic carbocycles. The smallest absolute Gasteiger partial charge is 0.342 e. The predicted octanol–water partition coefficient (Wildman–Crippen LogP) is 3.69. The number of rotatable bonds is 3. The second-order valence-electron chi connectivity index (χ2n) is 6.84. The summed E-state index contributed by atoms with van der Waals surface area (Å²) in [6.07, 6.45) is 2.97. The fourth-order valence-corrected chi connectivity index (χ4v) is 5.00. The van der Waals surface area contributed by atoms with Crippen molar-refractivity contribution in [3.8, 4) is 5.75 Å². The van der Waals surface area contributed by atoms with E-state index in [4.69, 9.17) is 4.74 Å². The highest BCUT2D eigenvalue weighted by molar-refractivity contribution is 7.18. The molecule has 5 rings (SSSR count). The summed E-state index contributed by atoms with van der Waals surface area (Å²) in [7, 11) is 0. The zero-order valence-electron chi connectivity index (χ0n) is 14.8. The van der Waals surface area contributed by atoms with Crippen LogP contribution in [0.25, 0.3) is 21.0 Å². The quantitative estimate of drug-likeness (QED) is 0.519. The van der Waals surface area contributed by atoms with Crippen molar-refractivity contribution in [3.63, 3.8) is 0 Å². The third-order valence-electron chi connectivity index (χ3n) is 5.05. The topological polar surface area (TPSA) is 92.3 Å². The number of aryl methyl sites for hydroxylation is 2. The number of carbonyl (C=O) groups is 1. The van der Waals surface area contributed by atoms with Gasteiger partial charge in [-0.05, 0) is 47.7 Å². The number of aromatic amines is 1. The van der Waals surface area contributed by atoms with Crippen molar-refractivity contribution in [1.29, 1.82) is 0 Å². The van der Waals surface area contributed by atoms with Crippen molar-refractivity contribution in [2.75, 3.05) is 0 Å². The number of phenols is 1. The molecule has 140 valence electrons. The average molecular weight is 392 g/mol. The predicted molar refractivity (Wildman–Crippen MR) is 107 cm³/mol. The molecule has 0 bridgehead atoms. The van der Waals surface area contributed by atoms with E-state index in [0.29, 0.717) is 16.0 Å². The molecule has 2 aromatic heterocycles. The summed E-state index contributed by atoms with van der Waals surface area (Å²) in [6.45, 7) is -0.168. The summed E-state index contributed by atoms with van der Waals surface area (Å²) >= 11 is 1.54. The van der Waals surface area contributed by atoms with Gasteiger partial charge in [0.1, 0.15) is 28.6 Å². The first-order valence-electron chi connectivity index (χ1n) is 9.02. The molecule has 7 heteroatoms. The number of H-pyrrole nitrogens is 1. The van der Waals surface area contributed by atoms with Gasteiger partial charge in [0.05, 0.1) is 5.39 Å². The summed E-state index contributed by atoms with van der Waals surface area (Å²) < 4.78 is 5.30. The number of fused-ring (bicyclic) bond motifs is 4. The molecule has 0 radical (unpaired) electrons. The molecule has 2 heterocycles. The van der Waals surface area contributed by atoms with Crippen LogP contribution in [0.3, 0.4) is 0 Å². The number of aromatic nitrogens is 2. The Labute approximate surface area is 163 Å². The Kier molecular flexibility index (Phi) is 3.91. The highest BCUT2D eigenvalue weighted by Gasteiger charge is 2.21. The standard InChI is InChI=1S/C21H16N2O4S/c24-15-9-12-5-2-1-4-11(12)8-14(15)21(26)27-10-17-22-19(25)18-13-6-3-7-16(13)28-20(18)23-17/h1-2,4-5,8-9,24H,3,6-7,10H2,(H,22,23,25). The van der Waals surface area contributed by atoms with Crippen LogP contribution in [-0.4, -0.2) is 21.0 Å². The van der Waals surface area contributed by atoms with Gasteiger partial charge in [-0.15, -0.1) is 11.3 Å². The van der Waals surface area contributed by atoms with Crippen LogP contribution < -0.4 is 5.56 Å². The first-order chi connectivity index (χ1) is 13.6. The number of nitrogens with zero attached hydrogens (tertiary/aromatic N) is 1. The zero-order chi connectivity index (χ0) is 19.3. The molecule has 2 N–H and O–H groups in total. The monoisotopic (exact) mass is 392 g/mol. The lowest BCUT2D eigenvalue weighted by atomic mass is 10.1. The molecule has 0 spiro atoms. The van der Waals surface area contributed by atoms with Crippen molar-refractivity contribution in [2.45, 2.75) is 25.9 Å². The van der Waals surface area contributed by atoms with E-state index in [-0.39, 0.29) is 23.5 Å². The normalized spacial score (nSPS) is 13.1. The molecule has 6 nitrogen and oxygen atoms in total. The van der Waals surface area contributed by atoms with E-state index in [2.05, 4.69) is 9.97 Å².